The second-order valence-electron chi connectivity index (χ2n) is 5.15. The van der Waals surface area contributed by atoms with Crippen molar-refractivity contribution in [2.45, 2.75) is 45.8 Å². The molecule has 1 aromatic rings. The molecule has 0 bridgehead atoms. The van der Waals surface area contributed by atoms with Gasteiger partial charge in [0.25, 0.3) is 0 Å². The van der Waals surface area contributed by atoms with E-state index in [1.54, 1.807) is 12.1 Å². The van der Waals surface area contributed by atoms with E-state index in [2.05, 4.69) is 10.1 Å². The van der Waals surface area contributed by atoms with Gasteiger partial charge in [0.15, 0.2) is 0 Å². The molecule has 1 N–H and O–H groups in total. The lowest BCUT2D eigenvalue weighted by molar-refractivity contribution is -0.121. The largest absolute Gasteiger partial charge is 0.435 e. The van der Waals surface area contributed by atoms with Crippen LogP contribution in [0.5, 0.6) is 5.75 Å². The Morgan fingerprint density at radius 2 is 1.91 bits per heavy atom. The molecule has 124 valence electrons. The summed E-state index contributed by atoms with van der Waals surface area (Å²) in [6, 6.07) is 6.31. The lowest BCUT2D eigenvalue weighted by Crippen LogP contribution is -2.25. The predicted octanol–water partition coefficient (Wildman–Crippen LogP) is 3.15. The topological polar surface area (TPSA) is 47.6 Å². The Hall–Kier alpha value is -1.69. The van der Waals surface area contributed by atoms with Gasteiger partial charge in [-0.15, -0.1) is 0 Å². The Balaban J connectivity index is 2.18. The molecule has 0 unspecified atom stereocenters. The molecule has 4 nitrogen and oxygen atoms in total. The van der Waals surface area contributed by atoms with Crippen molar-refractivity contribution in [3.8, 4) is 5.75 Å². The van der Waals surface area contributed by atoms with Crippen molar-refractivity contribution in [1.29, 1.82) is 0 Å². The normalized spacial score (nSPS) is 11.0. The number of benzene rings is 1. The van der Waals surface area contributed by atoms with E-state index in [4.69, 9.17) is 4.74 Å². The first-order valence-corrected chi connectivity index (χ1v) is 7.39. The van der Waals surface area contributed by atoms with Gasteiger partial charge >= 0.3 is 6.61 Å². The third kappa shape index (κ3) is 8.56. The van der Waals surface area contributed by atoms with Gasteiger partial charge in [-0.3, -0.25) is 4.79 Å². The van der Waals surface area contributed by atoms with E-state index < -0.39 is 6.61 Å². The molecule has 0 atom stereocenters. The van der Waals surface area contributed by atoms with Crippen molar-refractivity contribution in [1.82, 2.24) is 5.32 Å². The van der Waals surface area contributed by atoms with Crippen LogP contribution in [0, 0.1) is 0 Å². The average molecular weight is 315 g/mol. The quantitative estimate of drug-likeness (QED) is 0.675. The van der Waals surface area contributed by atoms with Crippen molar-refractivity contribution >= 4 is 5.91 Å². The number of amides is 1. The van der Waals surface area contributed by atoms with Crippen LogP contribution in [0.4, 0.5) is 8.78 Å². The van der Waals surface area contributed by atoms with Crippen LogP contribution in [-0.2, 0) is 16.0 Å². The molecular formula is C16H23F2NO3. The van der Waals surface area contributed by atoms with Crippen molar-refractivity contribution in [3.05, 3.63) is 29.8 Å². The van der Waals surface area contributed by atoms with Gasteiger partial charge in [-0.05, 0) is 44.4 Å². The van der Waals surface area contributed by atoms with Gasteiger partial charge < -0.3 is 14.8 Å². The maximum atomic E-state index is 12.0. The molecule has 0 fully saturated rings. The minimum Gasteiger partial charge on any atom is -0.435 e. The Morgan fingerprint density at radius 3 is 2.50 bits per heavy atom. The van der Waals surface area contributed by atoms with E-state index >= 15 is 0 Å². The molecule has 22 heavy (non-hydrogen) atoms. The van der Waals surface area contributed by atoms with Crippen LogP contribution in [-0.4, -0.2) is 31.8 Å². The number of rotatable bonds is 10. The van der Waals surface area contributed by atoms with Crippen LogP contribution in [0.3, 0.4) is 0 Å². The Kier molecular flexibility index (Phi) is 8.43. The minimum atomic E-state index is -2.82. The highest BCUT2D eigenvalue weighted by Crippen LogP contribution is 2.15. The molecule has 1 aromatic carbocycles. The summed E-state index contributed by atoms with van der Waals surface area (Å²) in [4.78, 5) is 11.7. The highest BCUT2D eigenvalue weighted by Gasteiger charge is 2.05. The number of nitrogens with one attached hydrogen (secondary N) is 1. The summed E-state index contributed by atoms with van der Waals surface area (Å²) in [7, 11) is 0. The molecule has 0 saturated heterocycles. The van der Waals surface area contributed by atoms with Crippen molar-refractivity contribution < 1.29 is 23.0 Å². The minimum absolute atomic E-state index is 0.0301. The number of halogens is 2. The van der Waals surface area contributed by atoms with E-state index in [0.717, 1.165) is 12.0 Å². The highest BCUT2D eigenvalue weighted by atomic mass is 19.3. The molecular weight excluding hydrogens is 292 g/mol. The fraction of sp³-hybridized carbons (Fsp3) is 0.562. The zero-order valence-electron chi connectivity index (χ0n) is 13.0. The molecule has 0 heterocycles. The molecule has 1 rings (SSSR count). The van der Waals surface area contributed by atoms with Crippen molar-refractivity contribution in [2.24, 2.45) is 0 Å². The number of hydrogen-bond acceptors (Lipinski definition) is 3. The average Bonchev–Trinajstić information content (AvgIpc) is 2.45. The molecule has 0 aliphatic carbocycles. The molecule has 0 aliphatic rings. The number of ether oxygens (including phenoxy) is 2. The maximum absolute atomic E-state index is 12.0. The van der Waals surface area contributed by atoms with E-state index in [1.807, 2.05) is 13.8 Å². The monoisotopic (exact) mass is 315 g/mol. The summed E-state index contributed by atoms with van der Waals surface area (Å²) in [6.45, 7) is 2.33. The predicted molar refractivity (Wildman–Crippen MR) is 80.1 cm³/mol. The van der Waals surface area contributed by atoms with Gasteiger partial charge in [-0.1, -0.05) is 12.1 Å². The number of carbonyl (C=O) groups excluding carboxylic acids is 1. The first-order valence-electron chi connectivity index (χ1n) is 7.39. The molecule has 0 radical (unpaired) electrons. The lowest BCUT2D eigenvalue weighted by Gasteiger charge is -2.08. The summed E-state index contributed by atoms with van der Waals surface area (Å²) in [6.07, 6.45) is 1.90. The maximum Gasteiger partial charge on any atom is 0.387 e. The smallest absolute Gasteiger partial charge is 0.387 e. The number of alkyl halides is 2. The van der Waals surface area contributed by atoms with E-state index in [0.29, 0.717) is 26.0 Å². The molecule has 0 spiro atoms. The second kappa shape index (κ2) is 10.1. The molecule has 0 aliphatic heterocycles. The van der Waals surface area contributed by atoms with Gasteiger partial charge in [0.2, 0.25) is 5.91 Å². The molecule has 0 saturated carbocycles. The van der Waals surface area contributed by atoms with E-state index in [-0.39, 0.29) is 17.8 Å². The second-order valence-corrected chi connectivity index (χ2v) is 5.15. The van der Waals surface area contributed by atoms with Gasteiger partial charge in [0.05, 0.1) is 6.10 Å². The lowest BCUT2D eigenvalue weighted by atomic mass is 10.1. The van der Waals surface area contributed by atoms with Crippen LogP contribution in [0.15, 0.2) is 24.3 Å². The van der Waals surface area contributed by atoms with Crippen LogP contribution in [0.2, 0.25) is 0 Å². The first kappa shape index (κ1) is 18.4. The molecule has 6 heteroatoms. The Labute approximate surface area is 129 Å². The van der Waals surface area contributed by atoms with Gasteiger partial charge in [-0.2, -0.15) is 8.78 Å². The molecule has 0 aromatic heterocycles. The summed E-state index contributed by atoms with van der Waals surface area (Å²) in [5.41, 5.74) is 0.903. The number of hydrogen-bond donors (Lipinski definition) is 1. The van der Waals surface area contributed by atoms with Crippen LogP contribution in [0.25, 0.3) is 0 Å². The van der Waals surface area contributed by atoms with Crippen LogP contribution in [0.1, 0.15) is 32.3 Å². The Bertz CT molecular complexity index is 436. The molecule has 1 amide bonds. The van der Waals surface area contributed by atoms with Crippen molar-refractivity contribution in [3.63, 3.8) is 0 Å². The highest BCUT2D eigenvalue weighted by molar-refractivity contribution is 5.76. The van der Waals surface area contributed by atoms with Gasteiger partial charge in [-0.25, -0.2) is 0 Å². The van der Waals surface area contributed by atoms with Crippen LogP contribution < -0.4 is 10.1 Å². The number of aryl methyl sites for hydroxylation is 1. The van der Waals surface area contributed by atoms with Gasteiger partial charge in [0, 0.05) is 19.6 Å². The van der Waals surface area contributed by atoms with Gasteiger partial charge in [0.1, 0.15) is 5.75 Å². The summed E-state index contributed by atoms with van der Waals surface area (Å²) in [5, 5.41) is 2.82. The third-order valence-corrected chi connectivity index (χ3v) is 2.88. The summed E-state index contributed by atoms with van der Waals surface area (Å²) in [5.74, 6) is 0.0887. The zero-order chi connectivity index (χ0) is 16.4. The standard InChI is InChI=1S/C16H23F2NO3/c1-12(2)21-11-3-10-19-15(20)9-6-13-4-7-14(8-5-13)22-16(17)18/h4-5,7-8,12,16H,3,6,9-11H2,1-2H3,(H,19,20). The summed E-state index contributed by atoms with van der Waals surface area (Å²) < 4.78 is 33.7. The fourth-order valence-electron chi connectivity index (χ4n) is 1.80. The summed E-state index contributed by atoms with van der Waals surface area (Å²) >= 11 is 0. The number of carbonyl (C=O) groups is 1. The fourth-order valence-corrected chi connectivity index (χ4v) is 1.80. The van der Waals surface area contributed by atoms with E-state index in [9.17, 15) is 13.6 Å². The van der Waals surface area contributed by atoms with E-state index in [1.165, 1.54) is 12.1 Å². The SMILES string of the molecule is CC(C)OCCCNC(=O)CCc1ccc(OC(F)F)cc1. The van der Waals surface area contributed by atoms with Crippen LogP contribution >= 0.6 is 0 Å². The zero-order valence-corrected chi connectivity index (χ0v) is 13.0. The Morgan fingerprint density at radius 1 is 1.23 bits per heavy atom. The third-order valence-electron chi connectivity index (χ3n) is 2.88. The first-order chi connectivity index (χ1) is 10.5. The van der Waals surface area contributed by atoms with Crippen molar-refractivity contribution in [2.75, 3.05) is 13.2 Å².